The Labute approximate surface area is 257 Å². The fourth-order valence-corrected chi connectivity index (χ4v) is 23.3. The molecule has 13 heteroatoms. The summed E-state index contributed by atoms with van der Waals surface area (Å²) in [7, 11) is -11.6. The van der Waals surface area contributed by atoms with E-state index in [9.17, 15) is 0 Å². The highest BCUT2D eigenvalue weighted by atomic mass is 28.5. The maximum absolute atomic E-state index is 7.42. The van der Waals surface area contributed by atoms with Gasteiger partial charge in [0.15, 0.2) is 0 Å². The van der Waals surface area contributed by atoms with Crippen molar-refractivity contribution in [3.8, 4) is 0 Å². The zero-order valence-electron chi connectivity index (χ0n) is 28.4. The maximum Gasteiger partial charge on any atom is 0.355 e. The highest BCUT2D eigenvalue weighted by Gasteiger charge is 2.56. The van der Waals surface area contributed by atoms with Crippen molar-refractivity contribution in [1.29, 1.82) is 0 Å². The first-order valence-corrected chi connectivity index (χ1v) is 25.3. The van der Waals surface area contributed by atoms with E-state index < -0.39 is 34.2 Å². The van der Waals surface area contributed by atoms with Gasteiger partial charge in [-0.3, -0.25) is 0 Å². The van der Waals surface area contributed by atoms with Gasteiger partial charge in [-0.2, -0.15) is 0 Å². The molecule has 9 nitrogen and oxygen atoms in total. The highest BCUT2D eigenvalue weighted by molar-refractivity contribution is 6.89. The van der Waals surface area contributed by atoms with Gasteiger partial charge >= 0.3 is 34.2 Å². The van der Waals surface area contributed by atoms with Crippen molar-refractivity contribution in [1.82, 2.24) is 0 Å². The molecule has 0 spiro atoms. The summed E-state index contributed by atoms with van der Waals surface area (Å²) < 4.78 is 59.5. The molecule has 0 aliphatic rings. The van der Waals surface area contributed by atoms with Gasteiger partial charge in [-0.1, -0.05) is 55.4 Å². The summed E-state index contributed by atoms with van der Waals surface area (Å²) in [5.74, 6) is 0. The van der Waals surface area contributed by atoms with Crippen molar-refractivity contribution in [2.45, 2.75) is 119 Å². The lowest BCUT2D eigenvalue weighted by Crippen LogP contribution is -2.68. The Morgan fingerprint density at radius 1 is 0.341 bits per heavy atom. The van der Waals surface area contributed by atoms with Crippen molar-refractivity contribution < 1.29 is 40.1 Å². The molecule has 0 N–H and O–H groups in total. The van der Waals surface area contributed by atoms with Crippen LogP contribution < -0.4 is 0 Å². The van der Waals surface area contributed by atoms with Crippen LogP contribution in [0.15, 0.2) is 0 Å². The summed E-state index contributed by atoms with van der Waals surface area (Å²) >= 11 is 0. The summed E-state index contributed by atoms with van der Waals surface area (Å²) in [5.41, 5.74) is 0. The lowest BCUT2D eigenvalue weighted by molar-refractivity contribution is 0.0914. The van der Waals surface area contributed by atoms with Crippen LogP contribution in [-0.2, 0) is 40.1 Å². The molecule has 0 aliphatic heterocycles. The van der Waals surface area contributed by atoms with Gasteiger partial charge < -0.3 is 40.1 Å². The van der Waals surface area contributed by atoms with Gasteiger partial charge in [0.1, 0.15) is 0 Å². The summed E-state index contributed by atoms with van der Waals surface area (Å²) in [6.07, 6.45) is 5.52. The SMILES string of the molecule is CCCOC[Si](CC)(OCC)O[Si](CC)(COCCC)O[Si](CC)(COCCC)O[Si](CC)(COCCC)OCC. The molecule has 0 saturated carbocycles. The van der Waals surface area contributed by atoms with Gasteiger partial charge in [0.2, 0.25) is 0 Å². The molecular weight excluding hydrogens is 593 g/mol. The Morgan fingerprint density at radius 3 is 0.805 bits per heavy atom. The second kappa shape index (κ2) is 23.8. The standard InChI is InChI=1S/C28H66O9Si4/c1-11-21-29-25-38(17-7,33-15-5)35-40(19-9,27-31-23-13-3)37-41(20-10,28-32-24-14-4)36-39(18-8,34-16-6)26-30-22-12-2/h11-28H2,1-10H3. The Balaban J connectivity index is 6.75. The van der Waals surface area contributed by atoms with Gasteiger partial charge in [0.05, 0.1) is 24.9 Å². The van der Waals surface area contributed by atoms with E-state index in [4.69, 9.17) is 40.1 Å². The lowest BCUT2D eigenvalue weighted by Gasteiger charge is -2.46. The quantitative estimate of drug-likeness (QED) is 0.0610. The molecule has 0 amide bonds. The first kappa shape index (κ1) is 41.5. The van der Waals surface area contributed by atoms with Crippen LogP contribution in [0.3, 0.4) is 0 Å². The summed E-state index contributed by atoms with van der Waals surface area (Å²) in [4.78, 5) is 0. The number of hydrogen-bond donors (Lipinski definition) is 0. The predicted octanol–water partition coefficient (Wildman–Crippen LogP) is 6.82. The maximum atomic E-state index is 7.42. The van der Waals surface area contributed by atoms with Crippen LogP contribution in [0.25, 0.3) is 0 Å². The van der Waals surface area contributed by atoms with Gasteiger partial charge in [-0.05, 0) is 63.7 Å². The Kier molecular flexibility index (Phi) is 24.1. The molecule has 0 heterocycles. The number of ether oxygens (including phenoxy) is 4. The van der Waals surface area contributed by atoms with Gasteiger partial charge in [-0.25, -0.2) is 0 Å². The zero-order valence-corrected chi connectivity index (χ0v) is 32.4. The summed E-state index contributed by atoms with van der Waals surface area (Å²) in [6, 6.07) is 2.95. The molecule has 0 aromatic carbocycles. The lowest BCUT2D eigenvalue weighted by atomic mass is 10.5. The topological polar surface area (TPSA) is 83.1 Å². The average molecular weight is 659 g/mol. The Bertz CT molecular complexity index is 577. The molecule has 41 heavy (non-hydrogen) atoms. The van der Waals surface area contributed by atoms with E-state index in [1.807, 2.05) is 13.8 Å². The molecule has 0 rings (SSSR count). The molecule has 248 valence electrons. The molecule has 4 atom stereocenters. The van der Waals surface area contributed by atoms with Crippen LogP contribution in [0.5, 0.6) is 0 Å². The second-order valence-corrected chi connectivity index (χ2v) is 24.7. The third-order valence-electron chi connectivity index (χ3n) is 6.77. The molecular formula is C28H66O9Si4. The van der Waals surface area contributed by atoms with Crippen LogP contribution in [0, 0.1) is 0 Å². The summed E-state index contributed by atoms with van der Waals surface area (Å²) in [5, 5.41) is 0. The van der Waals surface area contributed by atoms with E-state index >= 15 is 0 Å². The highest BCUT2D eigenvalue weighted by Crippen LogP contribution is 2.32. The number of rotatable bonds is 30. The minimum absolute atomic E-state index is 0.417. The van der Waals surface area contributed by atoms with Crippen molar-refractivity contribution in [3.05, 3.63) is 0 Å². The van der Waals surface area contributed by atoms with Crippen molar-refractivity contribution in [2.75, 3.05) is 64.6 Å². The summed E-state index contributed by atoms with van der Waals surface area (Å²) in [6.45, 7) is 24.9. The van der Waals surface area contributed by atoms with E-state index in [1.165, 1.54) is 0 Å². The molecule has 0 aromatic heterocycles. The fraction of sp³-hybridized carbons (Fsp3) is 1.00. The molecule has 0 aromatic rings. The third-order valence-corrected chi connectivity index (χ3v) is 24.2. The fourth-order valence-electron chi connectivity index (χ4n) is 4.44. The Morgan fingerprint density at radius 2 is 0.585 bits per heavy atom. The average Bonchev–Trinajstić information content (AvgIpc) is 2.97. The smallest absolute Gasteiger partial charge is 0.355 e. The van der Waals surface area contributed by atoms with Gasteiger partial charge in [0, 0.05) is 39.6 Å². The first-order valence-electron chi connectivity index (χ1n) is 16.4. The van der Waals surface area contributed by atoms with Crippen LogP contribution in [0.4, 0.5) is 0 Å². The van der Waals surface area contributed by atoms with Crippen LogP contribution in [0.2, 0.25) is 24.2 Å². The molecule has 0 aliphatic carbocycles. The second-order valence-electron chi connectivity index (χ2n) is 10.4. The largest absolute Gasteiger partial charge is 0.413 e. The molecule has 0 bridgehead atoms. The monoisotopic (exact) mass is 658 g/mol. The van der Waals surface area contributed by atoms with Crippen LogP contribution >= 0.6 is 0 Å². The van der Waals surface area contributed by atoms with Crippen molar-refractivity contribution in [2.24, 2.45) is 0 Å². The Hall–Kier alpha value is 0.508. The zero-order chi connectivity index (χ0) is 31.1. The van der Waals surface area contributed by atoms with Crippen LogP contribution in [0.1, 0.15) is 94.9 Å². The normalized spacial score (nSPS) is 18.0. The van der Waals surface area contributed by atoms with E-state index in [-0.39, 0.29) is 0 Å². The molecule has 4 unspecified atom stereocenters. The van der Waals surface area contributed by atoms with E-state index in [0.29, 0.717) is 76.7 Å². The molecule has 0 radical (unpaired) electrons. The first-order chi connectivity index (χ1) is 19.7. The number of hydrogen-bond acceptors (Lipinski definition) is 9. The van der Waals surface area contributed by atoms with E-state index in [0.717, 1.165) is 37.8 Å². The molecule has 0 fully saturated rings. The minimum atomic E-state index is -3.03. The van der Waals surface area contributed by atoms with E-state index in [2.05, 4.69) is 55.4 Å². The van der Waals surface area contributed by atoms with Crippen LogP contribution in [-0.4, -0.2) is 98.8 Å². The predicted molar refractivity (Wildman–Crippen MR) is 176 cm³/mol. The van der Waals surface area contributed by atoms with Crippen molar-refractivity contribution in [3.63, 3.8) is 0 Å². The van der Waals surface area contributed by atoms with Crippen molar-refractivity contribution >= 4 is 34.2 Å². The van der Waals surface area contributed by atoms with E-state index in [1.54, 1.807) is 0 Å². The molecule has 0 saturated heterocycles. The third kappa shape index (κ3) is 15.4. The van der Waals surface area contributed by atoms with Gasteiger partial charge in [0.25, 0.3) is 0 Å². The van der Waals surface area contributed by atoms with Gasteiger partial charge in [-0.15, -0.1) is 0 Å². The minimum Gasteiger partial charge on any atom is -0.413 e.